The summed E-state index contributed by atoms with van der Waals surface area (Å²) in [5.74, 6) is -3.86. The zero-order valence-corrected chi connectivity index (χ0v) is 9.75. The molecule has 0 saturated heterocycles. The van der Waals surface area contributed by atoms with Crippen LogP contribution in [0.1, 0.15) is 20.8 Å². The Kier molecular flexibility index (Phi) is 5.09. The molecule has 0 radical (unpaired) electrons. The predicted molar refractivity (Wildman–Crippen MR) is 55.0 cm³/mol. The maximum absolute atomic E-state index is 11.4. The van der Waals surface area contributed by atoms with Crippen LogP contribution in [0.4, 0.5) is 0 Å². The summed E-state index contributed by atoms with van der Waals surface area (Å²) in [7, 11) is 0. The van der Waals surface area contributed by atoms with Crippen molar-refractivity contribution in [3.63, 3.8) is 0 Å². The molecule has 4 N–H and O–H groups in total. The van der Waals surface area contributed by atoms with Gasteiger partial charge >= 0.3 is 0 Å². The molecule has 0 saturated carbocycles. The van der Waals surface area contributed by atoms with Crippen molar-refractivity contribution in [2.24, 2.45) is 0 Å². The Bertz CT molecular complexity index is 336. The van der Waals surface area contributed by atoms with Gasteiger partial charge in [-0.1, -0.05) is 0 Å². The Morgan fingerprint density at radius 2 is 1.47 bits per heavy atom. The molecule has 0 aliphatic rings. The third-order valence-electron chi connectivity index (χ3n) is 2.45. The molecular formula is C10H16O7. The minimum absolute atomic E-state index is 0.790. The van der Waals surface area contributed by atoms with Gasteiger partial charge in [-0.05, 0) is 13.8 Å². The maximum Gasteiger partial charge on any atom is 0.239 e. The van der Waals surface area contributed by atoms with E-state index >= 15 is 0 Å². The fraction of sp³-hybridized carbons (Fsp3) is 0.700. The van der Waals surface area contributed by atoms with E-state index in [0.29, 0.717) is 0 Å². The van der Waals surface area contributed by atoms with E-state index in [9.17, 15) is 29.7 Å². The Balaban J connectivity index is 5.44. The van der Waals surface area contributed by atoms with Crippen molar-refractivity contribution in [3.8, 4) is 0 Å². The highest BCUT2D eigenvalue weighted by Gasteiger charge is 2.52. The topological polar surface area (TPSA) is 132 Å². The normalized spacial score (nSPS) is 19.9. The van der Waals surface area contributed by atoms with Crippen molar-refractivity contribution in [3.05, 3.63) is 0 Å². The highest BCUT2D eigenvalue weighted by molar-refractivity contribution is 6.44. The molecular weight excluding hydrogens is 232 g/mol. The van der Waals surface area contributed by atoms with Gasteiger partial charge in [-0.2, -0.15) is 0 Å². The molecule has 0 aromatic heterocycles. The van der Waals surface area contributed by atoms with Crippen molar-refractivity contribution in [1.82, 2.24) is 0 Å². The zero-order chi connectivity index (χ0) is 14.0. The Labute approximate surface area is 97.7 Å². The zero-order valence-electron chi connectivity index (χ0n) is 9.75. The third kappa shape index (κ3) is 2.95. The SMILES string of the molecule is CC(=O)C(=O)[C@@](O)(C(C)=O)[C@H](O)[C@@H](O)[C@H](C)O. The van der Waals surface area contributed by atoms with E-state index in [0.717, 1.165) is 20.8 Å². The number of carbonyl (C=O) groups is 3. The van der Waals surface area contributed by atoms with Crippen LogP contribution in [0.2, 0.25) is 0 Å². The molecule has 0 aromatic carbocycles. The molecule has 4 atom stereocenters. The fourth-order valence-electron chi connectivity index (χ4n) is 1.28. The fourth-order valence-corrected chi connectivity index (χ4v) is 1.28. The molecule has 7 nitrogen and oxygen atoms in total. The molecule has 0 rings (SSSR count). The summed E-state index contributed by atoms with van der Waals surface area (Å²) in [6.45, 7) is 2.70. The van der Waals surface area contributed by atoms with Gasteiger partial charge in [0.05, 0.1) is 6.10 Å². The molecule has 0 fully saturated rings. The summed E-state index contributed by atoms with van der Waals surface area (Å²) in [4.78, 5) is 33.5. The molecule has 0 spiro atoms. The Morgan fingerprint density at radius 3 is 1.71 bits per heavy atom. The Morgan fingerprint density at radius 1 is 1.06 bits per heavy atom. The number of rotatable bonds is 6. The van der Waals surface area contributed by atoms with Crippen LogP contribution in [-0.2, 0) is 14.4 Å². The smallest absolute Gasteiger partial charge is 0.239 e. The van der Waals surface area contributed by atoms with Gasteiger partial charge in [0.15, 0.2) is 11.6 Å². The number of aliphatic hydroxyl groups is 4. The predicted octanol–water partition coefficient (Wildman–Crippen LogP) is -2.43. The van der Waals surface area contributed by atoms with Crippen LogP contribution in [0.15, 0.2) is 0 Å². The second-order valence-electron chi connectivity index (χ2n) is 3.88. The van der Waals surface area contributed by atoms with Gasteiger partial charge in [-0.25, -0.2) is 0 Å². The van der Waals surface area contributed by atoms with Crippen LogP contribution in [0.25, 0.3) is 0 Å². The lowest BCUT2D eigenvalue weighted by atomic mass is 9.82. The first-order valence-electron chi connectivity index (χ1n) is 4.89. The van der Waals surface area contributed by atoms with Crippen molar-refractivity contribution < 1.29 is 34.8 Å². The summed E-state index contributed by atoms with van der Waals surface area (Å²) in [6, 6.07) is 0. The van der Waals surface area contributed by atoms with Crippen molar-refractivity contribution >= 4 is 17.3 Å². The highest BCUT2D eigenvalue weighted by Crippen LogP contribution is 2.19. The summed E-state index contributed by atoms with van der Waals surface area (Å²) < 4.78 is 0. The minimum atomic E-state index is -3.04. The van der Waals surface area contributed by atoms with Gasteiger partial charge in [-0.15, -0.1) is 0 Å². The van der Waals surface area contributed by atoms with E-state index < -0.39 is 41.3 Å². The van der Waals surface area contributed by atoms with Crippen LogP contribution < -0.4 is 0 Å². The second-order valence-corrected chi connectivity index (χ2v) is 3.88. The lowest BCUT2D eigenvalue weighted by molar-refractivity contribution is -0.179. The van der Waals surface area contributed by atoms with E-state index in [1.807, 2.05) is 0 Å². The van der Waals surface area contributed by atoms with Crippen LogP contribution in [0, 0.1) is 0 Å². The minimum Gasteiger partial charge on any atom is -0.391 e. The molecule has 0 heterocycles. The maximum atomic E-state index is 11.4. The molecule has 7 heteroatoms. The van der Waals surface area contributed by atoms with Gasteiger partial charge in [-0.3, -0.25) is 14.4 Å². The number of hydrogen-bond acceptors (Lipinski definition) is 7. The molecule has 0 unspecified atom stereocenters. The summed E-state index contributed by atoms with van der Waals surface area (Å²) in [5.41, 5.74) is -3.04. The summed E-state index contributed by atoms with van der Waals surface area (Å²) in [5, 5.41) is 37.7. The van der Waals surface area contributed by atoms with Crippen LogP contribution >= 0.6 is 0 Å². The molecule has 98 valence electrons. The van der Waals surface area contributed by atoms with Crippen LogP contribution in [0.5, 0.6) is 0 Å². The molecule has 0 bridgehead atoms. The largest absolute Gasteiger partial charge is 0.391 e. The first-order chi connectivity index (χ1) is 7.56. The number of Topliss-reactive ketones (excluding diaryl/α,β-unsaturated/α-hetero) is 3. The van der Waals surface area contributed by atoms with Gasteiger partial charge in [0.1, 0.15) is 12.2 Å². The number of ketones is 3. The highest BCUT2D eigenvalue weighted by atomic mass is 16.4. The summed E-state index contributed by atoms with van der Waals surface area (Å²) in [6.07, 6.45) is -5.71. The van der Waals surface area contributed by atoms with Crippen molar-refractivity contribution in [2.75, 3.05) is 0 Å². The van der Waals surface area contributed by atoms with Crippen molar-refractivity contribution in [2.45, 2.75) is 44.7 Å². The molecule has 0 amide bonds. The first-order valence-corrected chi connectivity index (χ1v) is 4.89. The number of aliphatic hydroxyl groups excluding tert-OH is 3. The van der Waals surface area contributed by atoms with E-state index in [-0.39, 0.29) is 0 Å². The lowest BCUT2D eigenvalue weighted by Gasteiger charge is -2.32. The average Bonchev–Trinajstić information content (AvgIpc) is 2.23. The van der Waals surface area contributed by atoms with Gasteiger partial charge in [0.25, 0.3) is 0 Å². The molecule has 0 aromatic rings. The second kappa shape index (κ2) is 5.46. The van der Waals surface area contributed by atoms with E-state index in [4.69, 9.17) is 5.11 Å². The van der Waals surface area contributed by atoms with Gasteiger partial charge in [0.2, 0.25) is 11.4 Å². The van der Waals surface area contributed by atoms with Crippen molar-refractivity contribution in [1.29, 1.82) is 0 Å². The molecule has 17 heavy (non-hydrogen) atoms. The van der Waals surface area contributed by atoms with E-state index in [1.165, 1.54) is 0 Å². The van der Waals surface area contributed by atoms with Crippen LogP contribution in [-0.4, -0.2) is 61.7 Å². The summed E-state index contributed by atoms with van der Waals surface area (Å²) >= 11 is 0. The van der Waals surface area contributed by atoms with Gasteiger partial charge < -0.3 is 20.4 Å². The Hall–Kier alpha value is -1.15. The molecule has 0 aliphatic carbocycles. The van der Waals surface area contributed by atoms with Gasteiger partial charge in [0, 0.05) is 6.92 Å². The number of carbonyl (C=O) groups excluding carboxylic acids is 3. The monoisotopic (exact) mass is 248 g/mol. The quantitative estimate of drug-likeness (QED) is 0.303. The number of hydrogen-bond donors (Lipinski definition) is 4. The third-order valence-corrected chi connectivity index (χ3v) is 2.45. The average molecular weight is 248 g/mol. The standard InChI is InChI=1S/C10H16O7/c1-4(11)7(14)9(16)10(17,6(3)13)8(15)5(2)12/h4,7,9,11,14,16-17H,1-3H3/t4-,7-,9+,10-/m0/s1. The van der Waals surface area contributed by atoms with Crippen LogP contribution in [0.3, 0.4) is 0 Å². The molecule has 0 aliphatic heterocycles. The van der Waals surface area contributed by atoms with E-state index in [1.54, 1.807) is 0 Å². The van der Waals surface area contributed by atoms with E-state index in [2.05, 4.69) is 0 Å². The first kappa shape index (κ1) is 15.9. The lowest BCUT2D eigenvalue weighted by Crippen LogP contribution is -2.62.